The highest BCUT2D eigenvalue weighted by Crippen LogP contribution is 2.28. The molecule has 19 heavy (non-hydrogen) atoms. The Morgan fingerprint density at radius 1 is 1.32 bits per heavy atom. The summed E-state index contributed by atoms with van der Waals surface area (Å²) in [6.45, 7) is 0.181. The molecule has 6 nitrogen and oxygen atoms in total. The molecular formula is C10H10Cl2N4O2S. The van der Waals surface area contributed by atoms with Crippen molar-refractivity contribution in [2.75, 3.05) is 6.54 Å². The van der Waals surface area contributed by atoms with E-state index in [4.69, 9.17) is 23.2 Å². The first-order chi connectivity index (χ1) is 9.00. The van der Waals surface area contributed by atoms with Crippen LogP contribution in [-0.2, 0) is 16.4 Å². The highest BCUT2D eigenvalue weighted by atomic mass is 35.5. The van der Waals surface area contributed by atoms with E-state index in [9.17, 15) is 8.42 Å². The van der Waals surface area contributed by atoms with Crippen molar-refractivity contribution < 1.29 is 8.42 Å². The van der Waals surface area contributed by atoms with E-state index in [0.717, 1.165) is 0 Å². The lowest BCUT2D eigenvalue weighted by Gasteiger charge is -2.08. The van der Waals surface area contributed by atoms with Crippen molar-refractivity contribution in [3.63, 3.8) is 0 Å². The fourth-order valence-electron chi connectivity index (χ4n) is 1.42. The SMILES string of the molecule is O=S(=O)(NCCc1ncn[nH]1)c1cccc(Cl)c1Cl. The number of rotatable bonds is 5. The van der Waals surface area contributed by atoms with Gasteiger partial charge in [0.2, 0.25) is 10.0 Å². The van der Waals surface area contributed by atoms with Crippen LogP contribution in [0.1, 0.15) is 5.82 Å². The minimum absolute atomic E-state index is 0.0105. The van der Waals surface area contributed by atoms with Crippen molar-refractivity contribution in [2.45, 2.75) is 11.3 Å². The van der Waals surface area contributed by atoms with Gasteiger partial charge in [-0.2, -0.15) is 5.10 Å². The Hall–Kier alpha value is -1.15. The normalized spacial score (nSPS) is 11.7. The van der Waals surface area contributed by atoms with E-state index in [1.165, 1.54) is 24.5 Å². The van der Waals surface area contributed by atoms with Crippen LogP contribution in [-0.4, -0.2) is 30.1 Å². The summed E-state index contributed by atoms with van der Waals surface area (Å²) < 4.78 is 26.5. The van der Waals surface area contributed by atoms with Gasteiger partial charge in [-0.3, -0.25) is 5.10 Å². The Morgan fingerprint density at radius 3 is 2.79 bits per heavy atom. The molecule has 0 amide bonds. The first-order valence-electron chi connectivity index (χ1n) is 5.28. The van der Waals surface area contributed by atoms with E-state index in [-0.39, 0.29) is 21.5 Å². The third-order valence-corrected chi connectivity index (χ3v) is 4.76. The van der Waals surface area contributed by atoms with Crippen LogP contribution < -0.4 is 4.72 Å². The predicted octanol–water partition coefficient (Wildman–Crippen LogP) is 1.63. The predicted molar refractivity (Wildman–Crippen MR) is 71.7 cm³/mol. The van der Waals surface area contributed by atoms with E-state index in [2.05, 4.69) is 19.9 Å². The zero-order valence-electron chi connectivity index (χ0n) is 9.60. The second-order valence-corrected chi connectivity index (χ2v) is 6.15. The van der Waals surface area contributed by atoms with Gasteiger partial charge in [0.1, 0.15) is 17.0 Å². The average Bonchev–Trinajstić information content (AvgIpc) is 2.85. The summed E-state index contributed by atoms with van der Waals surface area (Å²) in [6.07, 6.45) is 1.76. The standard InChI is InChI=1S/C10H10Cl2N4O2S/c11-7-2-1-3-8(10(7)12)19(17,18)15-5-4-9-13-6-14-16-9/h1-3,6,15H,4-5H2,(H,13,14,16). The molecular weight excluding hydrogens is 311 g/mol. The molecule has 2 aromatic rings. The van der Waals surface area contributed by atoms with Crippen molar-refractivity contribution in [1.29, 1.82) is 0 Å². The number of hydrogen-bond donors (Lipinski definition) is 2. The molecule has 0 aliphatic rings. The molecule has 1 aromatic carbocycles. The highest BCUT2D eigenvalue weighted by Gasteiger charge is 2.18. The molecule has 0 spiro atoms. The number of nitrogens with one attached hydrogen (secondary N) is 2. The Labute approximate surface area is 120 Å². The molecule has 0 aliphatic heterocycles. The molecule has 0 unspecified atom stereocenters. The van der Waals surface area contributed by atoms with Crippen LogP contribution in [0.5, 0.6) is 0 Å². The van der Waals surface area contributed by atoms with Gasteiger partial charge in [0.25, 0.3) is 0 Å². The Kier molecular flexibility index (Phi) is 4.41. The summed E-state index contributed by atoms with van der Waals surface area (Å²) in [7, 11) is -3.70. The number of H-pyrrole nitrogens is 1. The zero-order valence-corrected chi connectivity index (χ0v) is 11.9. The first-order valence-corrected chi connectivity index (χ1v) is 7.52. The number of halogens is 2. The summed E-state index contributed by atoms with van der Waals surface area (Å²) in [5, 5.41) is 6.51. The van der Waals surface area contributed by atoms with Crippen molar-refractivity contribution in [2.24, 2.45) is 0 Å². The first kappa shape index (κ1) is 14.3. The highest BCUT2D eigenvalue weighted by molar-refractivity contribution is 7.89. The van der Waals surface area contributed by atoms with Gasteiger partial charge in [0.15, 0.2) is 0 Å². The van der Waals surface area contributed by atoms with Crippen LogP contribution in [0.4, 0.5) is 0 Å². The maximum atomic E-state index is 12.0. The minimum Gasteiger partial charge on any atom is -0.263 e. The molecule has 0 bridgehead atoms. The third kappa shape index (κ3) is 3.44. The summed E-state index contributed by atoms with van der Waals surface area (Å²) in [6, 6.07) is 4.45. The number of benzene rings is 1. The number of hydrogen-bond acceptors (Lipinski definition) is 4. The molecule has 1 heterocycles. The number of aromatic nitrogens is 3. The Balaban J connectivity index is 2.08. The lowest BCUT2D eigenvalue weighted by atomic mass is 10.4. The maximum absolute atomic E-state index is 12.0. The molecule has 9 heteroatoms. The van der Waals surface area contributed by atoms with Crippen LogP contribution >= 0.6 is 23.2 Å². The van der Waals surface area contributed by atoms with Gasteiger partial charge in [-0.25, -0.2) is 18.1 Å². The average molecular weight is 321 g/mol. The van der Waals surface area contributed by atoms with Crippen molar-refractivity contribution in [3.8, 4) is 0 Å². The van der Waals surface area contributed by atoms with E-state index >= 15 is 0 Å². The van der Waals surface area contributed by atoms with E-state index in [0.29, 0.717) is 12.2 Å². The topological polar surface area (TPSA) is 87.7 Å². The number of aromatic amines is 1. The van der Waals surface area contributed by atoms with Crippen LogP contribution in [0.2, 0.25) is 10.0 Å². The second kappa shape index (κ2) is 5.87. The lowest BCUT2D eigenvalue weighted by Crippen LogP contribution is -2.26. The molecule has 0 saturated carbocycles. The molecule has 0 aliphatic carbocycles. The molecule has 0 atom stereocenters. The molecule has 0 saturated heterocycles. The fourth-order valence-corrected chi connectivity index (χ4v) is 3.22. The van der Waals surface area contributed by atoms with Crippen LogP contribution in [0.25, 0.3) is 0 Å². The van der Waals surface area contributed by atoms with Gasteiger partial charge >= 0.3 is 0 Å². The van der Waals surface area contributed by atoms with Crippen molar-refractivity contribution in [3.05, 3.63) is 40.4 Å². The maximum Gasteiger partial charge on any atom is 0.242 e. The van der Waals surface area contributed by atoms with Gasteiger partial charge in [0, 0.05) is 13.0 Å². The molecule has 0 radical (unpaired) electrons. The number of nitrogens with zero attached hydrogens (tertiary/aromatic N) is 2. The quantitative estimate of drug-likeness (QED) is 0.876. The van der Waals surface area contributed by atoms with Crippen LogP contribution in [0.3, 0.4) is 0 Å². The van der Waals surface area contributed by atoms with Crippen molar-refractivity contribution >= 4 is 33.2 Å². The smallest absolute Gasteiger partial charge is 0.242 e. The summed E-state index contributed by atoms with van der Waals surface area (Å²) in [4.78, 5) is 3.85. The summed E-state index contributed by atoms with van der Waals surface area (Å²) in [5.41, 5.74) is 0. The third-order valence-electron chi connectivity index (χ3n) is 2.32. The lowest BCUT2D eigenvalue weighted by molar-refractivity contribution is 0.581. The monoisotopic (exact) mass is 320 g/mol. The van der Waals surface area contributed by atoms with Gasteiger partial charge in [-0.15, -0.1) is 0 Å². The zero-order chi connectivity index (χ0) is 13.9. The largest absolute Gasteiger partial charge is 0.263 e. The summed E-state index contributed by atoms with van der Waals surface area (Å²) >= 11 is 11.7. The Bertz CT molecular complexity index is 658. The summed E-state index contributed by atoms with van der Waals surface area (Å²) in [5.74, 6) is 0.597. The Morgan fingerprint density at radius 2 is 2.11 bits per heavy atom. The van der Waals surface area contributed by atoms with Gasteiger partial charge < -0.3 is 0 Å². The van der Waals surface area contributed by atoms with E-state index in [1.807, 2.05) is 0 Å². The molecule has 102 valence electrons. The van der Waals surface area contributed by atoms with Gasteiger partial charge in [0.05, 0.1) is 10.0 Å². The molecule has 2 N–H and O–H groups in total. The van der Waals surface area contributed by atoms with E-state index < -0.39 is 10.0 Å². The van der Waals surface area contributed by atoms with E-state index in [1.54, 1.807) is 0 Å². The molecule has 1 aromatic heterocycles. The second-order valence-electron chi connectivity index (χ2n) is 3.63. The molecule has 2 rings (SSSR count). The van der Waals surface area contributed by atoms with Crippen LogP contribution in [0.15, 0.2) is 29.4 Å². The van der Waals surface area contributed by atoms with Crippen molar-refractivity contribution in [1.82, 2.24) is 19.9 Å². The number of sulfonamides is 1. The molecule has 0 fully saturated rings. The van der Waals surface area contributed by atoms with Gasteiger partial charge in [-0.05, 0) is 12.1 Å². The fraction of sp³-hybridized carbons (Fsp3) is 0.200. The van der Waals surface area contributed by atoms with Crippen LogP contribution in [0, 0.1) is 0 Å². The van der Waals surface area contributed by atoms with Gasteiger partial charge in [-0.1, -0.05) is 29.3 Å². The minimum atomic E-state index is -3.70.